The van der Waals surface area contributed by atoms with Crippen LogP contribution in [-0.2, 0) is 6.61 Å². The molecule has 0 atom stereocenters. The minimum Gasteiger partial charge on any atom is -0.617 e. The average molecular weight is 412 g/mol. The summed E-state index contributed by atoms with van der Waals surface area (Å²) in [5, 5.41) is 52.9. The molecule has 0 spiro atoms. The number of hydrogen-bond donors (Lipinski definition) is 2. The van der Waals surface area contributed by atoms with Crippen LogP contribution in [0.4, 0.5) is 17.1 Å². The lowest BCUT2D eigenvalue weighted by Gasteiger charge is -2.11. The first-order valence-electron chi connectivity index (χ1n) is 9.23. The molecule has 3 aromatic carbocycles. The number of aliphatic hydroxyl groups is 1. The van der Waals surface area contributed by atoms with Gasteiger partial charge in [0.1, 0.15) is 0 Å². The van der Waals surface area contributed by atoms with Crippen LogP contribution in [0.3, 0.4) is 0 Å². The van der Waals surface area contributed by atoms with E-state index in [4.69, 9.17) is 5.73 Å². The highest BCUT2D eigenvalue weighted by molar-refractivity contribution is 5.79. The van der Waals surface area contributed by atoms with Gasteiger partial charge in [-0.3, -0.25) is 0 Å². The van der Waals surface area contributed by atoms with Crippen LogP contribution < -0.4 is 15.2 Å². The molecule has 0 saturated heterocycles. The van der Waals surface area contributed by atoms with Gasteiger partial charge >= 0.3 is 11.4 Å². The van der Waals surface area contributed by atoms with E-state index in [9.17, 15) is 20.8 Å². The van der Waals surface area contributed by atoms with E-state index in [-0.39, 0.29) is 40.3 Å². The van der Waals surface area contributed by atoms with Crippen molar-refractivity contribution in [2.45, 2.75) is 6.61 Å². The van der Waals surface area contributed by atoms with E-state index in [1.54, 1.807) is 42.5 Å². The number of nitrogens with two attached hydrogens (primary N) is 1. The summed E-state index contributed by atoms with van der Waals surface area (Å²) >= 11 is 0. The van der Waals surface area contributed by atoms with E-state index in [0.29, 0.717) is 26.4 Å². The molecular formula is C22H16N6O3. The molecule has 31 heavy (non-hydrogen) atoms. The fourth-order valence-electron chi connectivity index (χ4n) is 3.22. The number of nitrogen functional groups attached to an aromatic ring is 1. The molecule has 0 radical (unpaired) electrons. The molecule has 4 aromatic rings. The average Bonchev–Trinajstić information content (AvgIpc) is 2.81. The van der Waals surface area contributed by atoms with Gasteiger partial charge in [-0.2, -0.15) is 20.2 Å². The van der Waals surface area contributed by atoms with Crippen LogP contribution in [0.1, 0.15) is 11.3 Å². The molecule has 152 valence electrons. The lowest BCUT2D eigenvalue weighted by molar-refractivity contribution is -0.622. The molecule has 0 amide bonds. The number of aromatic nitrogens is 2. The number of hydrogen-bond acceptors (Lipinski definition) is 7. The van der Waals surface area contributed by atoms with Gasteiger partial charge in [-0.15, -0.1) is 4.73 Å². The standard InChI is InChI=1S/C22H16N6O3/c23-12-21-22(28(31)20-7-2-1-6-19(20)27(21)30)17-11-16(8-9-18(17)24)26-25-15-5-3-4-14(10-15)13-29/h1-11,29H,13,24H2. The monoisotopic (exact) mass is 412 g/mol. The molecule has 0 fully saturated rings. The first-order chi connectivity index (χ1) is 15.0. The van der Waals surface area contributed by atoms with Crippen LogP contribution in [0, 0.1) is 21.7 Å². The molecule has 0 saturated carbocycles. The van der Waals surface area contributed by atoms with Crippen molar-refractivity contribution in [3.63, 3.8) is 0 Å². The quantitative estimate of drug-likeness (QED) is 0.229. The molecular weight excluding hydrogens is 396 g/mol. The number of aliphatic hydroxyl groups excluding tert-OH is 1. The Morgan fingerprint density at radius 2 is 1.58 bits per heavy atom. The number of rotatable bonds is 4. The number of anilines is 1. The molecule has 0 aliphatic carbocycles. The predicted octanol–water partition coefficient (Wildman–Crippen LogP) is 3.14. The van der Waals surface area contributed by atoms with Crippen molar-refractivity contribution in [3.05, 3.63) is 88.4 Å². The fourth-order valence-corrected chi connectivity index (χ4v) is 3.22. The zero-order valence-corrected chi connectivity index (χ0v) is 16.1. The smallest absolute Gasteiger partial charge is 0.369 e. The lowest BCUT2D eigenvalue weighted by atomic mass is 10.1. The minimum atomic E-state index is -0.370. The van der Waals surface area contributed by atoms with Gasteiger partial charge in [0.25, 0.3) is 11.0 Å². The Bertz CT molecular complexity index is 1380. The predicted molar refractivity (Wildman–Crippen MR) is 113 cm³/mol. The SMILES string of the molecule is N#Cc1c(-c2cc(N=Nc3cccc(CO)c3)ccc2N)[n+]([O-])c2ccccc2[n+]1[O-]. The van der Waals surface area contributed by atoms with E-state index < -0.39 is 0 Å². The second kappa shape index (κ2) is 8.06. The van der Waals surface area contributed by atoms with E-state index in [1.165, 1.54) is 24.3 Å². The Labute approximate surface area is 176 Å². The Morgan fingerprint density at radius 1 is 0.903 bits per heavy atom. The molecule has 1 aromatic heterocycles. The number of para-hydroxylation sites is 2. The summed E-state index contributed by atoms with van der Waals surface area (Å²) in [6.45, 7) is -0.118. The first-order valence-corrected chi connectivity index (χ1v) is 9.23. The van der Waals surface area contributed by atoms with Gasteiger partial charge in [-0.05, 0) is 35.9 Å². The van der Waals surface area contributed by atoms with Crippen molar-refractivity contribution in [1.29, 1.82) is 5.26 Å². The number of benzene rings is 3. The number of nitriles is 1. The van der Waals surface area contributed by atoms with Gasteiger partial charge in [0.05, 0.1) is 23.5 Å². The Hall–Kier alpha value is -4.55. The van der Waals surface area contributed by atoms with Gasteiger partial charge in [0, 0.05) is 17.8 Å². The van der Waals surface area contributed by atoms with Crippen molar-refractivity contribution < 1.29 is 14.6 Å². The third kappa shape index (κ3) is 3.59. The molecule has 0 aliphatic rings. The highest BCUT2D eigenvalue weighted by Gasteiger charge is 2.30. The highest BCUT2D eigenvalue weighted by atomic mass is 16.5. The summed E-state index contributed by atoms with van der Waals surface area (Å²) in [5.74, 6) is 0. The maximum Gasteiger partial charge on any atom is 0.369 e. The maximum absolute atomic E-state index is 13.1. The van der Waals surface area contributed by atoms with Crippen molar-refractivity contribution >= 4 is 28.1 Å². The van der Waals surface area contributed by atoms with Crippen LogP contribution in [-0.4, -0.2) is 5.11 Å². The normalized spacial score (nSPS) is 11.1. The second-order valence-corrected chi connectivity index (χ2v) is 6.69. The second-order valence-electron chi connectivity index (χ2n) is 6.69. The largest absolute Gasteiger partial charge is 0.617 e. The van der Waals surface area contributed by atoms with Crippen molar-refractivity contribution in [3.8, 4) is 17.3 Å². The third-order valence-electron chi connectivity index (χ3n) is 4.72. The van der Waals surface area contributed by atoms with Gasteiger partial charge in [0.15, 0.2) is 6.07 Å². The highest BCUT2D eigenvalue weighted by Crippen LogP contribution is 2.31. The molecule has 3 N–H and O–H groups in total. The van der Waals surface area contributed by atoms with Crippen LogP contribution in [0.2, 0.25) is 0 Å². The van der Waals surface area contributed by atoms with Gasteiger partial charge in [0.2, 0.25) is 0 Å². The Morgan fingerprint density at radius 3 is 2.26 bits per heavy atom. The molecule has 9 heteroatoms. The molecule has 0 aliphatic heterocycles. The third-order valence-corrected chi connectivity index (χ3v) is 4.72. The fraction of sp³-hybridized carbons (Fsp3) is 0.0455. The van der Waals surface area contributed by atoms with Crippen molar-refractivity contribution in [1.82, 2.24) is 0 Å². The number of fused-ring (bicyclic) bond motifs is 1. The zero-order chi connectivity index (χ0) is 22.0. The minimum absolute atomic E-state index is 0.0796. The van der Waals surface area contributed by atoms with Crippen molar-refractivity contribution in [2.24, 2.45) is 10.2 Å². The van der Waals surface area contributed by atoms with E-state index in [0.717, 1.165) is 0 Å². The Kier molecular flexibility index (Phi) is 5.13. The first kappa shape index (κ1) is 19.8. The topological polar surface area (TPSA) is 149 Å². The molecule has 4 rings (SSSR count). The summed E-state index contributed by atoms with van der Waals surface area (Å²) in [5.41, 5.74) is 7.74. The molecule has 0 unspecified atom stereocenters. The van der Waals surface area contributed by atoms with Gasteiger partial charge in [-0.25, -0.2) is 0 Å². The summed E-state index contributed by atoms with van der Waals surface area (Å²) in [4.78, 5) is 0. The maximum atomic E-state index is 13.1. The number of azo groups is 1. The van der Waals surface area contributed by atoms with Crippen molar-refractivity contribution in [2.75, 3.05) is 5.73 Å². The zero-order valence-electron chi connectivity index (χ0n) is 16.1. The summed E-state index contributed by atoms with van der Waals surface area (Å²) in [6, 6.07) is 19.5. The van der Waals surface area contributed by atoms with Crippen LogP contribution in [0.5, 0.6) is 0 Å². The van der Waals surface area contributed by atoms with E-state index in [1.807, 2.05) is 6.07 Å². The summed E-state index contributed by atoms with van der Waals surface area (Å²) in [7, 11) is 0. The molecule has 1 heterocycles. The Balaban J connectivity index is 1.86. The summed E-state index contributed by atoms with van der Waals surface area (Å²) < 4.78 is 0.951. The van der Waals surface area contributed by atoms with Crippen LogP contribution in [0.15, 0.2) is 77.0 Å². The lowest BCUT2D eigenvalue weighted by Crippen LogP contribution is -2.43. The van der Waals surface area contributed by atoms with Crippen LogP contribution >= 0.6 is 0 Å². The summed E-state index contributed by atoms with van der Waals surface area (Å²) in [6.07, 6.45) is 0. The van der Waals surface area contributed by atoms with E-state index >= 15 is 0 Å². The van der Waals surface area contributed by atoms with Gasteiger partial charge in [-0.1, -0.05) is 24.3 Å². The molecule has 0 bridgehead atoms. The van der Waals surface area contributed by atoms with E-state index in [2.05, 4.69) is 10.2 Å². The molecule has 9 nitrogen and oxygen atoms in total. The number of nitrogens with zero attached hydrogens (tertiary/aromatic N) is 5. The van der Waals surface area contributed by atoms with Gasteiger partial charge < -0.3 is 21.3 Å². The van der Waals surface area contributed by atoms with Crippen LogP contribution in [0.25, 0.3) is 22.3 Å².